The van der Waals surface area contributed by atoms with Gasteiger partial charge in [-0.1, -0.05) is 99.5 Å². The monoisotopic (exact) mass is 2130 g/mol. The number of sulfonamides is 3. The summed E-state index contributed by atoms with van der Waals surface area (Å²) in [7, 11) is -1.11. The molecule has 8 aromatic carbocycles. The van der Waals surface area contributed by atoms with Crippen molar-refractivity contribution in [1.82, 2.24) is 79.4 Å². The number of hydrogen-bond acceptors (Lipinski definition) is 27. The highest BCUT2D eigenvalue weighted by atomic mass is 35.5. The molecule has 8 heterocycles. The van der Waals surface area contributed by atoms with E-state index in [-0.39, 0.29) is 145 Å². The van der Waals surface area contributed by atoms with Crippen LogP contribution in [0.2, 0.25) is 5.02 Å². The number of anilines is 4. The maximum atomic E-state index is 14.2. The van der Waals surface area contributed by atoms with E-state index in [2.05, 4.69) is 80.6 Å². The van der Waals surface area contributed by atoms with Crippen LogP contribution in [-0.4, -0.2) is 164 Å². The molecule has 16 aromatic rings. The van der Waals surface area contributed by atoms with Crippen molar-refractivity contribution in [3.8, 4) is 68.0 Å². The highest BCUT2D eigenvalue weighted by Crippen LogP contribution is 2.38. The summed E-state index contributed by atoms with van der Waals surface area (Å²) in [5.74, 6) is -5.90. The van der Waals surface area contributed by atoms with Crippen molar-refractivity contribution in [1.29, 1.82) is 0 Å². The fourth-order valence-corrected chi connectivity index (χ4v) is 19.5. The lowest BCUT2D eigenvalue weighted by Crippen LogP contribution is -2.32. The van der Waals surface area contributed by atoms with E-state index in [1.165, 1.54) is 148 Å². The number of carbonyl (C=O) groups excluding carboxylic acids is 4. The molecule has 38 nitrogen and oxygen atoms in total. The third-order valence-corrected chi connectivity index (χ3v) is 28.5. The van der Waals surface area contributed by atoms with Gasteiger partial charge in [-0.2, -0.15) is 0 Å². The van der Waals surface area contributed by atoms with Crippen molar-refractivity contribution in [2.75, 3.05) is 76.1 Å². The first kappa shape index (κ1) is 110. The van der Waals surface area contributed by atoms with Gasteiger partial charge < -0.3 is 45.5 Å². The van der Waals surface area contributed by atoms with Gasteiger partial charge in [-0.3, -0.25) is 70.8 Å². The maximum Gasteiger partial charge on any atom is 0.265 e. The number of hydrogen-bond donors (Lipinski definition) is 8. The van der Waals surface area contributed by atoms with E-state index in [1.54, 1.807) is 145 Å². The van der Waals surface area contributed by atoms with Crippen LogP contribution in [-0.2, 0) is 82.0 Å². The molecule has 4 unspecified atom stereocenters. The Labute approximate surface area is 862 Å². The molecule has 4 amide bonds. The molecule has 0 saturated heterocycles. The number of aromatic nitrogens is 12. The number of carbonyl (C=O) groups is 4. The molecule has 8 N–H and O–H groups in total. The van der Waals surface area contributed by atoms with Crippen LogP contribution in [0.15, 0.2) is 254 Å². The third-order valence-electron chi connectivity index (χ3n) is 23.9. The molecule has 780 valence electrons. The second kappa shape index (κ2) is 47.7. The van der Waals surface area contributed by atoms with E-state index in [1.807, 2.05) is 26.0 Å². The van der Waals surface area contributed by atoms with Crippen LogP contribution in [0, 0.1) is 67.7 Å². The Morgan fingerprint density at radius 1 is 0.353 bits per heavy atom. The number of amides is 4. The summed E-state index contributed by atoms with van der Waals surface area (Å²) in [6.45, 7) is 13.1. The van der Waals surface area contributed by atoms with Gasteiger partial charge in [0.2, 0.25) is 47.1 Å². The van der Waals surface area contributed by atoms with Crippen LogP contribution in [0.3, 0.4) is 0 Å². The summed E-state index contributed by atoms with van der Waals surface area (Å²) < 4.78 is 167. The summed E-state index contributed by atoms with van der Waals surface area (Å²) in [4.78, 5) is 133. The first-order valence-corrected chi connectivity index (χ1v) is 50.8. The van der Waals surface area contributed by atoms with E-state index in [0.717, 1.165) is 46.5 Å². The summed E-state index contributed by atoms with van der Waals surface area (Å²) in [5, 5.41) is 14.9. The Kier molecular flexibility index (Phi) is 35.1. The maximum absolute atomic E-state index is 14.2. The van der Waals surface area contributed by atoms with E-state index in [0.29, 0.717) is 94.3 Å². The molecule has 0 spiro atoms. The zero-order valence-electron chi connectivity index (χ0n) is 83.5. The smallest absolute Gasteiger partial charge is 0.265 e. The number of fused-ring (bicyclic) bond motifs is 4. The predicted molar refractivity (Wildman–Crippen MR) is 561 cm³/mol. The molecule has 0 bridgehead atoms. The highest BCUT2D eigenvalue weighted by Gasteiger charge is 2.29. The number of ether oxygens (including phenoxy) is 4. The lowest BCUT2D eigenvalue weighted by atomic mass is 10.0. The number of nitrogens with one attached hydrogen (secondary N) is 8. The summed E-state index contributed by atoms with van der Waals surface area (Å²) in [6, 6.07) is 42.7. The Bertz CT molecular complexity index is 8570. The third kappa shape index (κ3) is 25.6. The summed E-state index contributed by atoms with van der Waals surface area (Å²) >= 11 is 6.20. The molecule has 0 aliphatic rings. The molecule has 4 atom stereocenters. The van der Waals surface area contributed by atoms with Crippen LogP contribution < -0.4 is 81.9 Å². The number of pyridine rings is 4. The first-order chi connectivity index (χ1) is 71.4. The number of halogens is 5. The Morgan fingerprint density at radius 3 is 1.02 bits per heavy atom. The van der Waals surface area contributed by atoms with Crippen molar-refractivity contribution in [2.24, 2.45) is 23.7 Å². The average molecular weight is 2130 g/mol. The van der Waals surface area contributed by atoms with Gasteiger partial charge in [-0.15, -0.1) is 0 Å². The van der Waals surface area contributed by atoms with Crippen LogP contribution in [0.4, 0.5) is 40.3 Å². The standard InChI is InChI=1S/C27H28FN5O3.C26H26ClN5O5S.C26H26FN5O5S.C25H23F2N5O5S/c1-16-5-7-22(28)20(9-16)13-30-24-11-19(12-31-26(24)36-4)18-6-8-23-21(10-18)27(35)33(15-32-23)14-17(2)25(34)29-3;1-15-5-8-23(20(27)9-15)38(35,36)31-22-11-18(12-29-25(22)37-4)17-6-7-21-19(10-17)26(34)32(14-30-21)13-16(2)24(33)28-3;1-15-5-7-19(11-21(15)27)38(35,36)31-23-10-18(12-29-25(23)37-4)17-6-8-22-20(9-17)26(34)32(14-30-22)13-16(2)24(33)28-3;1-14(23(33)28-2)12-32-13-30-19-8-7-15(9-17(19)25(32)34)16-10-20(24(37-3)29-11-16)31-38(35,36)21-6-4-5-18(26)22(21)27/h5-12,15,17,30H,13-14H2,1-4H3,(H,29,34);2*5-12,14,16,31H,13H2,1-4H3,(H,28,33);4-11,13-14,31H,12H2,1-3H3,(H,28,33). The largest absolute Gasteiger partial charge is 0.480 e. The normalized spacial score (nSPS) is 12.1. The van der Waals surface area contributed by atoms with E-state index in [4.69, 9.17) is 30.5 Å². The number of benzene rings is 8. The lowest BCUT2D eigenvalue weighted by Gasteiger charge is -2.14. The van der Waals surface area contributed by atoms with E-state index < -0.39 is 70.2 Å². The molecule has 0 fully saturated rings. The molecule has 46 heteroatoms. The molecule has 0 aliphatic heterocycles. The highest BCUT2D eigenvalue weighted by molar-refractivity contribution is 7.93. The zero-order chi connectivity index (χ0) is 109. The second-order valence-electron chi connectivity index (χ2n) is 34.6. The van der Waals surface area contributed by atoms with Crippen molar-refractivity contribution in [2.45, 2.75) is 95.9 Å². The SMILES string of the molecule is CNC(=O)C(C)Cn1cnc2ccc(-c3cnc(OC)c(NCc4cc(C)ccc4F)c3)cc2c1=O.CNC(=O)C(C)Cn1cnc2ccc(-c3cnc(OC)c(NS(=O)(=O)c4ccc(C)c(F)c4)c3)cc2c1=O.CNC(=O)C(C)Cn1cnc2ccc(-c3cnc(OC)c(NS(=O)(=O)c4ccc(C)cc4Cl)c3)cc2c1=O.CNC(=O)C(C)Cn1cnc2ccc(-c3cnc(OC)c(NS(=O)(=O)c4cccc(F)c4F)c3)cc2c1=O. The van der Waals surface area contributed by atoms with Gasteiger partial charge in [0.15, 0.2) is 11.6 Å². The first-order valence-electron chi connectivity index (χ1n) is 46.0. The minimum absolute atomic E-state index is 0.0120. The van der Waals surface area contributed by atoms with Crippen LogP contribution in [0.25, 0.3) is 88.1 Å². The minimum atomic E-state index is -4.55. The van der Waals surface area contributed by atoms with Gasteiger partial charge in [0.05, 0.1) is 137 Å². The fraction of sp³-hybridized carbons (Fsp3) is 0.231. The Balaban J connectivity index is 0.000000167. The van der Waals surface area contributed by atoms with Crippen molar-refractivity contribution in [3.63, 3.8) is 0 Å². The lowest BCUT2D eigenvalue weighted by molar-refractivity contribution is -0.125. The number of aryl methyl sites for hydroxylation is 3. The van der Waals surface area contributed by atoms with Gasteiger partial charge in [-0.05, 0) is 169 Å². The molecule has 0 radical (unpaired) electrons. The Hall–Kier alpha value is -16.9. The quantitative estimate of drug-likeness (QED) is 0.0182. The average Bonchev–Trinajstić information content (AvgIpc) is 0.817. The van der Waals surface area contributed by atoms with Gasteiger partial charge in [0.1, 0.15) is 38.5 Å². The van der Waals surface area contributed by atoms with Gasteiger partial charge in [0.25, 0.3) is 52.3 Å². The Morgan fingerprint density at radius 2 is 0.680 bits per heavy atom. The van der Waals surface area contributed by atoms with Crippen LogP contribution >= 0.6 is 11.6 Å². The topological polar surface area (TPSA) is 495 Å². The molecular formula is C104H103ClF4N20O18S3. The molecule has 8 aromatic heterocycles. The fourth-order valence-electron chi connectivity index (χ4n) is 15.7. The van der Waals surface area contributed by atoms with E-state index >= 15 is 0 Å². The summed E-state index contributed by atoms with van der Waals surface area (Å²) in [6.07, 6.45) is 11.7. The summed E-state index contributed by atoms with van der Waals surface area (Å²) in [5.41, 5.74) is 8.58. The van der Waals surface area contributed by atoms with Gasteiger partial charge >= 0.3 is 0 Å². The van der Waals surface area contributed by atoms with Crippen molar-refractivity contribution < 1.29 is 80.9 Å². The predicted octanol–water partition coefficient (Wildman–Crippen LogP) is 13.5. The number of rotatable bonds is 32. The van der Waals surface area contributed by atoms with Crippen LogP contribution in [0.5, 0.6) is 23.5 Å². The molecule has 16 rings (SSSR count). The minimum Gasteiger partial charge on any atom is -0.480 e. The van der Waals surface area contributed by atoms with Gasteiger partial charge in [-0.25, -0.2) is 82.7 Å². The van der Waals surface area contributed by atoms with E-state index in [9.17, 15) is 81.2 Å². The number of methoxy groups -OCH3 is 4. The second-order valence-corrected chi connectivity index (χ2v) is 40.0. The molecule has 0 aliphatic carbocycles. The van der Waals surface area contributed by atoms with Crippen molar-refractivity contribution >= 4 is 132 Å². The molecule has 0 saturated carbocycles. The molecule has 150 heavy (non-hydrogen) atoms. The number of nitrogens with zero attached hydrogens (tertiary/aromatic N) is 12. The van der Waals surface area contributed by atoms with Crippen molar-refractivity contribution in [3.05, 3.63) is 312 Å². The molecular weight excluding hydrogens is 2020 g/mol. The zero-order valence-corrected chi connectivity index (χ0v) is 86.7. The van der Waals surface area contributed by atoms with Crippen LogP contribution in [0.1, 0.15) is 49.9 Å². The van der Waals surface area contributed by atoms with Gasteiger partial charge in [0, 0.05) is 114 Å².